The fraction of sp³-hybridized carbons (Fsp3) is 0.314. The Labute approximate surface area is 273 Å². The number of ether oxygens (including phenoxy) is 1. The van der Waals surface area contributed by atoms with Gasteiger partial charge >= 0.3 is 6.03 Å². The van der Waals surface area contributed by atoms with E-state index in [1.165, 1.54) is 0 Å². The first-order valence-corrected chi connectivity index (χ1v) is 15.7. The van der Waals surface area contributed by atoms with Crippen LogP contribution in [0, 0.1) is 5.92 Å². The van der Waals surface area contributed by atoms with Gasteiger partial charge < -0.3 is 25.4 Å². The van der Waals surface area contributed by atoms with E-state index >= 15 is 0 Å². The third-order valence-electron chi connectivity index (χ3n) is 8.14. The van der Waals surface area contributed by atoms with Crippen molar-refractivity contribution in [2.75, 3.05) is 37.4 Å². The minimum absolute atomic E-state index is 0.0468. The molecule has 10 heteroatoms. The molecule has 0 bridgehead atoms. The highest BCUT2D eigenvalue weighted by atomic mass is 35.5. The van der Waals surface area contributed by atoms with E-state index in [0.717, 1.165) is 16.3 Å². The van der Waals surface area contributed by atoms with Gasteiger partial charge in [-0.3, -0.25) is 9.69 Å². The molecule has 236 valence electrons. The number of carbonyl (C=O) groups is 2. The molecule has 0 aliphatic carbocycles. The summed E-state index contributed by atoms with van der Waals surface area (Å²) in [6.07, 6.45) is -0.206. The fourth-order valence-electron chi connectivity index (χ4n) is 5.67. The number of aliphatic hydroxyl groups excluding tert-OH is 1. The lowest BCUT2D eigenvalue weighted by Gasteiger charge is -2.34. The molecule has 0 saturated carbocycles. The van der Waals surface area contributed by atoms with Crippen molar-refractivity contribution in [2.45, 2.75) is 39.0 Å². The molecule has 0 radical (unpaired) electrons. The zero-order chi connectivity index (χ0) is 32.1. The molecule has 0 spiro atoms. The molecule has 4 aromatic carbocycles. The molecule has 0 saturated heterocycles. The van der Waals surface area contributed by atoms with Crippen molar-refractivity contribution < 1.29 is 19.4 Å². The molecule has 5 rings (SSSR count). The Morgan fingerprint density at radius 2 is 1.82 bits per heavy atom. The van der Waals surface area contributed by atoms with Crippen molar-refractivity contribution in [3.63, 3.8) is 0 Å². The Hall–Kier alpha value is -3.82. The summed E-state index contributed by atoms with van der Waals surface area (Å²) in [5.41, 5.74) is 2.91. The molecule has 0 aromatic heterocycles. The summed E-state index contributed by atoms with van der Waals surface area (Å²) >= 11 is 12.3. The predicted molar refractivity (Wildman–Crippen MR) is 181 cm³/mol. The lowest BCUT2D eigenvalue weighted by atomic mass is 10.0. The summed E-state index contributed by atoms with van der Waals surface area (Å²) in [7, 11) is 2.01. The third-order valence-corrected chi connectivity index (χ3v) is 8.88. The molecule has 1 heterocycles. The van der Waals surface area contributed by atoms with Gasteiger partial charge in [0.2, 0.25) is 5.91 Å². The molecule has 3 atom stereocenters. The van der Waals surface area contributed by atoms with Crippen LogP contribution in [-0.2, 0) is 17.8 Å². The van der Waals surface area contributed by atoms with Gasteiger partial charge in [0.1, 0.15) is 11.9 Å². The maximum atomic E-state index is 13.6. The van der Waals surface area contributed by atoms with Gasteiger partial charge in [-0.25, -0.2) is 4.79 Å². The van der Waals surface area contributed by atoms with Crippen LogP contribution in [0.15, 0.2) is 78.9 Å². The molecule has 3 amide bonds. The van der Waals surface area contributed by atoms with Gasteiger partial charge in [-0.2, -0.15) is 0 Å². The number of urea groups is 1. The maximum Gasteiger partial charge on any atom is 0.323 e. The predicted octanol–water partition coefficient (Wildman–Crippen LogP) is 7.07. The average molecular weight is 650 g/mol. The minimum Gasteiger partial charge on any atom is -0.488 e. The van der Waals surface area contributed by atoms with Crippen molar-refractivity contribution in [1.29, 1.82) is 0 Å². The first-order chi connectivity index (χ1) is 21.6. The number of aliphatic hydroxyl groups is 1. The van der Waals surface area contributed by atoms with Crippen molar-refractivity contribution in [3.05, 3.63) is 100 Å². The van der Waals surface area contributed by atoms with Gasteiger partial charge in [0.05, 0.1) is 34.8 Å². The minimum atomic E-state index is -0.396. The Morgan fingerprint density at radius 1 is 1.04 bits per heavy atom. The van der Waals surface area contributed by atoms with Crippen molar-refractivity contribution >= 4 is 57.3 Å². The first-order valence-electron chi connectivity index (χ1n) is 15.0. The lowest BCUT2D eigenvalue weighted by molar-refractivity contribution is -0.134. The van der Waals surface area contributed by atoms with Crippen molar-refractivity contribution in [1.82, 2.24) is 9.80 Å². The van der Waals surface area contributed by atoms with Crippen LogP contribution in [-0.4, -0.2) is 65.7 Å². The van der Waals surface area contributed by atoms with Crippen LogP contribution in [0.25, 0.3) is 10.8 Å². The topological polar surface area (TPSA) is 94.1 Å². The van der Waals surface area contributed by atoms with Crippen LogP contribution < -0.4 is 15.4 Å². The van der Waals surface area contributed by atoms with Gasteiger partial charge in [0.15, 0.2) is 0 Å². The van der Waals surface area contributed by atoms with E-state index in [4.69, 9.17) is 27.9 Å². The molecule has 8 nitrogen and oxygen atoms in total. The number of likely N-dealkylation sites (N-methyl/N-ethyl adjacent to an activating group) is 1. The number of hydrogen-bond acceptors (Lipinski definition) is 5. The van der Waals surface area contributed by atoms with Gasteiger partial charge in [0, 0.05) is 42.2 Å². The Balaban J connectivity index is 1.37. The summed E-state index contributed by atoms with van der Waals surface area (Å²) < 4.78 is 6.64. The number of nitrogens with zero attached hydrogens (tertiary/aromatic N) is 2. The Bertz CT molecular complexity index is 1680. The number of nitrogens with one attached hydrogen (secondary N) is 2. The largest absolute Gasteiger partial charge is 0.488 e. The number of rotatable bonds is 8. The van der Waals surface area contributed by atoms with E-state index in [0.29, 0.717) is 52.4 Å². The zero-order valence-electron chi connectivity index (χ0n) is 25.6. The second-order valence-electron chi connectivity index (χ2n) is 11.8. The lowest BCUT2D eigenvalue weighted by Crippen LogP contribution is -2.47. The SMILES string of the molecule is C[C@@H]1CN([C@H](C)CO)C(=O)Cc2cc(NC(=O)Nc3cccc4ccccc34)ccc2O[C@@H]1CN(C)Cc1ccc(Cl)c(Cl)c1. The molecular formula is C35H38Cl2N4O4. The molecule has 3 N–H and O–H groups in total. The average Bonchev–Trinajstić information content (AvgIpc) is 3.06. The Morgan fingerprint density at radius 3 is 2.60 bits per heavy atom. The normalized spacial score (nSPS) is 17.6. The van der Waals surface area contributed by atoms with Crippen LogP contribution in [0.1, 0.15) is 25.0 Å². The summed E-state index contributed by atoms with van der Waals surface area (Å²) in [4.78, 5) is 30.5. The molecule has 1 aliphatic rings. The van der Waals surface area contributed by atoms with Gasteiger partial charge in [0.25, 0.3) is 0 Å². The molecular weight excluding hydrogens is 611 g/mol. The fourth-order valence-corrected chi connectivity index (χ4v) is 5.99. The zero-order valence-corrected chi connectivity index (χ0v) is 27.1. The maximum absolute atomic E-state index is 13.6. The van der Waals surface area contributed by atoms with E-state index in [-0.39, 0.29) is 37.0 Å². The second kappa shape index (κ2) is 14.5. The molecule has 45 heavy (non-hydrogen) atoms. The quantitative estimate of drug-likeness (QED) is 0.190. The number of benzene rings is 4. The van der Waals surface area contributed by atoms with Crippen LogP contribution in [0.5, 0.6) is 5.75 Å². The number of hydrogen-bond donors (Lipinski definition) is 3. The summed E-state index contributed by atoms with van der Waals surface area (Å²) in [6, 6.07) is 23.8. The van der Waals surface area contributed by atoms with E-state index in [9.17, 15) is 14.7 Å². The van der Waals surface area contributed by atoms with E-state index in [1.807, 2.05) is 68.6 Å². The van der Waals surface area contributed by atoms with Crippen LogP contribution in [0.4, 0.5) is 16.2 Å². The number of carbonyl (C=O) groups excluding carboxylic acids is 2. The Kier molecular flexibility index (Phi) is 10.5. The van der Waals surface area contributed by atoms with Crippen LogP contribution >= 0.6 is 23.2 Å². The summed E-state index contributed by atoms with van der Waals surface area (Å²) in [6.45, 7) is 5.37. The van der Waals surface area contributed by atoms with Crippen LogP contribution in [0.2, 0.25) is 10.0 Å². The highest BCUT2D eigenvalue weighted by molar-refractivity contribution is 6.42. The highest BCUT2D eigenvalue weighted by Gasteiger charge is 2.31. The second-order valence-corrected chi connectivity index (χ2v) is 12.6. The third kappa shape index (κ3) is 8.07. The smallest absolute Gasteiger partial charge is 0.323 e. The highest BCUT2D eigenvalue weighted by Crippen LogP contribution is 2.30. The van der Waals surface area contributed by atoms with Crippen LogP contribution in [0.3, 0.4) is 0 Å². The van der Waals surface area contributed by atoms with E-state index in [2.05, 4.69) is 22.5 Å². The van der Waals surface area contributed by atoms with Gasteiger partial charge in [-0.15, -0.1) is 0 Å². The molecule has 1 aliphatic heterocycles. The molecule has 4 aromatic rings. The number of fused-ring (bicyclic) bond motifs is 2. The summed E-state index contributed by atoms with van der Waals surface area (Å²) in [5, 5.41) is 18.8. The van der Waals surface area contributed by atoms with Gasteiger partial charge in [-0.1, -0.05) is 72.6 Å². The molecule has 0 unspecified atom stereocenters. The number of anilines is 2. The van der Waals surface area contributed by atoms with Crippen molar-refractivity contribution in [2.24, 2.45) is 5.92 Å². The standard InChI is InChI=1S/C35H38Cl2N4O4/c1-22-18-41(23(2)21-42)34(43)17-26-16-27(38-35(44)39-31-10-6-8-25-7-4-5-9-28(25)31)12-14-32(26)45-33(22)20-40(3)19-24-11-13-29(36)30(37)15-24/h4-16,22-23,33,42H,17-21H2,1-3H3,(H2,38,39,44)/t22-,23-,33-/m1/s1. The van der Waals surface area contributed by atoms with Crippen molar-refractivity contribution in [3.8, 4) is 5.75 Å². The molecule has 0 fully saturated rings. The number of amides is 3. The summed E-state index contributed by atoms with van der Waals surface area (Å²) in [5.74, 6) is 0.423. The van der Waals surface area contributed by atoms with E-state index in [1.54, 1.807) is 29.2 Å². The monoisotopic (exact) mass is 648 g/mol. The van der Waals surface area contributed by atoms with E-state index < -0.39 is 6.03 Å². The van der Waals surface area contributed by atoms with Gasteiger partial charge in [-0.05, 0) is 61.3 Å². The number of halogens is 2. The first kappa shape index (κ1) is 32.6.